The van der Waals surface area contributed by atoms with E-state index in [0.717, 1.165) is 0 Å². The Hall–Kier alpha value is -0.310. The molecule has 88 valence electrons. The van der Waals surface area contributed by atoms with Crippen LogP contribution in [0.25, 0.3) is 0 Å². The standard InChI is InChI=1S/C9H7BrF2INO2/c10-3-5-1-4(2-6(15)16)9(13)14-7(5)8(11)12/h1,8H,2-3H2,(H,15,16). The lowest BCUT2D eigenvalue weighted by Crippen LogP contribution is -2.07. The van der Waals surface area contributed by atoms with Gasteiger partial charge in [-0.05, 0) is 39.8 Å². The van der Waals surface area contributed by atoms with Gasteiger partial charge in [0.25, 0.3) is 6.43 Å². The van der Waals surface area contributed by atoms with Crippen LogP contribution in [0.5, 0.6) is 0 Å². The van der Waals surface area contributed by atoms with Gasteiger partial charge in [-0.3, -0.25) is 4.79 Å². The third kappa shape index (κ3) is 3.34. The van der Waals surface area contributed by atoms with E-state index in [2.05, 4.69) is 20.9 Å². The Labute approximate surface area is 113 Å². The summed E-state index contributed by atoms with van der Waals surface area (Å²) in [5.74, 6) is -1.01. The van der Waals surface area contributed by atoms with Crippen LogP contribution < -0.4 is 0 Å². The Morgan fingerprint density at radius 1 is 1.56 bits per heavy atom. The molecule has 0 bridgehead atoms. The molecule has 1 aromatic rings. The van der Waals surface area contributed by atoms with Gasteiger partial charge in [-0.2, -0.15) is 0 Å². The minimum atomic E-state index is -2.65. The fourth-order valence-corrected chi connectivity index (χ4v) is 2.23. The number of hydrogen-bond acceptors (Lipinski definition) is 2. The molecule has 0 aromatic carbocycles. The van der Waals surface area contributed by atoms with Crippen LogP contribution in [0.2, 0.25) is 0 Å². The molecule has 0 radical (unpaired) electrons. The van der Waals surface area contributed by atoms with Crippen molar-refractivity contribution in [3.8, 4) is 0 Å². The fraction of sp³-hybridized carbons (Fsp3) is 0.333. The molecule has 0 aliphatic rings. The fourth-order valence-electron chi connectivity index (χ4n) is 1.18. The summed E-state index contributed by atoms with van der Waals surface area (Å²) in [4.78, 5) is 14.3. The van der Waals surface area contributed by atoms with Crippen LogP contribution in [0.1, 0.15) is 23.2 Å². The van der Waals surface area contributed by atoms with Gasteiger partial charge in [-0.25, -0.2) is 13.8 Å². The smallest absolute Gasteiger partial charge is 0.307 e. The van der Waals surface area contributed by atoms with E-state index < -0.39 is 12.4 Å². The first-order valence-electron chi connectivity index (χ1n) is 4.19. The van der Waals surface area contributed by atoms with E-state index in [4.69, 9.17) is 5.11 Å². The van der Waals surface area contributed by atoms with Gasteiger partial charge in [-0.15, -0.1) is 0 Å². The molecule has 0 saturated carbocycles. The molecule has 0 amide bonds. The second kappa shape index (κ2) is 5.85. The highest BCUT2D eigenvalue weighted by Crippen LogP contribution is 2.26. The predicted octanol–water partition coefficient (Wildman–Crippen LogP) is 3.15. The molecular formula is C9H7BrF2INO2. The molecular weight excluding hydrogens is 399 g/mol. The van der Waals surface area contributed by atoms with E-state index in [1.165, 1.54) is 6.07 Å². The van der Waals surface area contributed by atoms with Crippen LogP contribution in [0.4, 0.5) is 8.78 Å². The average molecular weight is 406 g/mol. The first kappa shape index (κ1) is 13.8. The molecule has 0 unspecified atom stereocenters. The minimum absolute atomic E-state index is 0.214. The van der Waals surface area contributed by atoms with Crippen molar-refractivity contribution in [1.82, 2.24) is 4.98 Å². The summed E-state index contributed by atoms with van der Waals surface area (Å²) in [6, 6.07) is 1.46. The van der Waals surface area contributed by atoms with E-state index in [9.17, 15) is 13.6 Å². The van der Waals surface area contributed by atoms with Crippen molar-refractivity contribution in [2.24, 2.45) is 0 Å². The maximum Gasteiger partial charge on any atom is 0.307 e. The van der Waals surface area contributed by atoms with Gasteiger partial charge in [0.05, 0.1) is 6.42 Å². The maximum absolute atomic E-state index is 12.6. The topological polar surface area (TPSA) is 50.2 Å². The zero-order valence-electron chi connectivity index (χ0n) is 7.88. The number of carboxylic acid groups (broad SMARTS) is 1. The molecule has 0 spiro atoms. The van der Waals surface area contributed by atoms with Crippen molar-refractivity contribution >= 4 is 44.5 Å². The molecule has 7 heteroatoms. The van der Waals surface area contributed by atoms with E-state index in [0.29, 0.717) is 14.8 Å². The van der Waals surface area contributed by atoms with Crippen LogP contribution in [0.3, 0.4) is 0 Å². The number of alkyl halides is 3. The van der Waals surface area contributed by atoms with Crippen LogP contribution in [0, 0.1) is 3.70 Å². The van der Waals surface area contributed by atoms with Crippen molar-refractivity contribution in [2.45, 2.75) is 18.2 Å². The number of carboxylic acids is 1. The average Bonchev–Trinajstić information content (AvgIpc) is 2.19. The molecule has 16 heavy (non-hydrogen) atoms. The Balaban J connectivity index is 3.20. The molecule has 0 aliphatic carbocycles. The Morgan fingerprint density at radius 2 is 2.19 bits per heavy atom. The first-order valence-corrected chi connectivity index (χ1v) is 6.39. The highest BCUT2D eigenvalue weighted by Gasteiger charge is 2.18. The zero-order valence-corrected chi connectivity index (χ0v) is 11.6. The van der Waals surface area contributed by atoms with Gasteiger partial charge in [0.15, 0.2) is 0 Å². The van der Waals surface area contributed by atoms with E-state index >= 15 is 0 Å². The van der Waals surface area contributed by atoms with Crippen molar-refractivity contribution in [3.05, 3.63) is 26.6 Å². The molecule has 1 rings (SSSR count). The van der Waals surface area contributed by atoms with Crippen LogP contribution in [-0.2, 0) is 16.5 Å². The van der Waals surface area contributed by atoms with Gasteiger partial charge in [-0.1, -0.05) is 15.9 Å². The molecule has 3 nitrogen and oxygen atoms in total. The number of hydrogen-bond donors (Lipinski definition) is 1. The normalized spacial score (nSPS) is 10.8. The van der Waals surface area contributed by atoms with Crippen molar-refractivity contribution in [3.63, 3.8) is 0 Å². The van der Waals surface area contributed by atoms with Gasteiger partial charge < -0.3 is 5.11 Å². The summed E-state index contributed by atoms with van der Waals surface area (Å²) >= 11 is 4.84. The van der Waals surface area contributed by atoms with Gasteiger partial charge in [0.1, 0.15) is 9.39 Å². The van der Waals surface area contributed by atoms with Crippen molar-refractivity contribution < 1.29 is 18.7 Å². The Morgan fingerprint density at radius 3 is 2.62 bits per heavy atom. The number of rotatable bonds is 4. The Kier molecular flexibility index (Phi) is 5.03. The summed E-state index contributed by atoms with van der Waals surface area (Å²) in [5.41, 5.74) is 0.481. The summed E-state index contributed by atoms with van der Waals surface area (Å²) in [6.45, 7) is 0. The SMILES string of the molecule is O=C(O)Cc1cc(CBr)c(C(F)F)nc1I. The highest BCUT2D eigenvalue weighted by atomic mass is 127. The number of aliphatic carboxylic acids is 1. The number of pyridine rings is 1. The lowest BCUT2D eigenvalue weighted by atomic mass is 10.1. The maximum atomic E-state index is 12.6. The predicted molar refractivity (Wildman–Crippen MR) is 65.9 cm³/mol. The molecule has 0 fully saturated rings. The third-order valence-corrected chi connectivity index (χ3v) is 3.39. The van der Waals surface area contributed by atoms with Gasteiger partial charge >= 0.3 is 5.97 Å². The molecule has 0 saturated heterocycles. The monoisotopic (exact) mass is 405 g/mol. The number of aromatic nitrogens is 1. The molecule has 1 N–H and O–H groups in total. The van der Waals surface area contributed by atoms with E-state index in [1.54, 1.807) is 22.6 Å². The largest absolute Gasteiger partial charge is 0.481 e. The van der Waals surface area contributed by atoms with E-state index in [-0.39, 0.29) is 17.4 Å². The highest BCUT2D eigenvalue weighted by molar-refractivity contribution is 14.1. The zero-order chi connectivity index (χ0) is 12.3. The van der Waals surface area contributed by atoms with Crippen molar-refractivity contribution in [1.29, 1.82) is 0 Å². The summed E-state index contributed by atoms with van der Waals surface area (Å²) in [6.07, 6.45) is -2.87. The number of carbonyl (C=O) groups is 1. The third-order valence-electron chi connectivity index (χ3n) is 1.85. The summed E-state index contributed by atoms with van der Waals surface area (Å²) < 4.78 is 25.5. The van der Waals surface area contributed by atoms with Crippen LogP contribution >= 0.6 is 38.5 Å². The lowest BCUT2D eigenvalue weighted by molar-refractivity contribution is -0.136. The summed E-state index contributed by atoms with van der Waals surface area (Å²) in [5, 5.41) is 8.87. The van der Waals surface area contributed by atoms with Crippen molar-refractivity contribution in [2.75, 3.05) is 0 Å². The molecule has 0 atom stereocenters. The van der Waals surface area contributed by atoms with Crippen LogP contribution in [0.15, 0.2) is 6.07 Å². The first-order chi connectivity index (χ1) is 7.45. The number of nitrogens with zero attached hydrogens (tertiary/aromatic N) is 1. The number of halogens is 4. The Bertz CT molecular complexity index is 415. The molecule has 0 aliphatic heterocycles. The van der Waals surface area contributed by atoms with Gasteiger partial charge in [0.2, 0.25) is 0 Å². The molecule has 1 heterocycles. The quantitative estimate of drug-likeness (QED) is 0.475. The van der Waals surface area contributed by atoms with E-state index in [1.807, 2.05) is 0 Å². The minimum Gasteiger partial charge on any atom is -0.481 e. The second-order valence-electron chi connectivity index (χ2n) is 2.99. The summed E-state index contributed by atoms with van der Waals surface area (Å²) in [7, 11) is 0. The molecule has 1 aromatic heterocycles. The van der Waals surface area contributed by atoms with Crippen LogP contribution in [-0.4, -0.2) is 16.1 Å². The second-order valence-corrected chi connectivity index (χ2v) is 4.57. The van der Waals surface area contributed by atoms with Gasteiger partial charge in [0, 0.05) is 5.33 Å². The lowest BCUT2D eigenvalue weighted by Gasteiger charge is -2.09.